The Morgan fingerprint density at radius 3 is 2.50 bits per heavy atom. The van der Waals surface area contributed by atoms with Gasteiger partial charge in [0.2, 0.25) is 0 Å². The van der Waals surface area contributed by atoms with E-state index in [0.29, 0.717) is 30.0 Å². The lowest BCUT2D eigenvalue weighted by Crippen LogP contribution is -2.13. The van der Waals surface area contributed by atoms with Crippen molar-refractivity contribution in [1.82, 2.24) is 0 Å². The molecule has 0 saturated carbocycles. The maximum absolute atomic E-state index is 12.2. The quantitative estimate of drug-likeness (QED) is 0.574. The van der Waals surface area contributed by atoms with Crippen LogP contribution in [0.2, 0.25) is 0 Å². The molecule has 0 spiro atoms. The molecule has 1 N–H and O–H groups in total. The van der Waals surface area contributed by atoms with E-state index in [1.54, 1.807) is 48.5 Å². The fourth-order valence-electron chi connectivity index (χ4n) is 1.95. The van der Waals surface area contributed by atoms with Crippen LogP contribution in [0.1, 0.15) is 27.6 Å². The molecule has 2 aromatic carbocycles. The Hall–Kier alpha value is -2.18. The van der Waals surface area contributed by atoms with Crippen LogP contribution in [0.3, 0.4) is 0 Å². The highest BCUT2D eigenvalue weighted by Gasteiger charge is 2.10. The third-order valence-electron chi connectivity index (χ3n) is 3.13. The summed E-state index contributed by atoms with van der Waals surface area (Å²) in [4.78, 5) is 24.1. The Balaban J connectivity index is 1.98. The second-order valence-electron chi connectivity index (χ2n) is 4.87. The Morgan fingerprint density at radius 1 is 1.04 bits per heavy atom. The third-order valence-corrected chi connectivity index (χ3v) is 3.66. The van der Waals surface area contributed by atoms with Gasteiger partial charge in [-0.15, -0.1) is 0 Å². The summed E-state index contributed by atoms with van der Waals surface area (Å²) >= 11 is 3.33. The van der Waals surface area contributed by atoms with Crippen LogP contribution < -0.4 is 5.32 Å². The maximum atomic E-state index is 12.2. The topological polar surface area (TPSA) is 64.6 Å². The van der Waals surface area contributed by atoms with Crippen molar-refractivity contribution >= 4 is 33.5 Å². The summed E-state index contributed by atoms with van der Waals surface area (Å²) in [6.45, 7) is 3.01. The number of hydrogen-bond donors (Lipinski definition) is 1. The van der Waals surface area contributed by atoms with Crippen LogP contribution in [0.15, 0.2) is 53.0 Å². The first kappa shape index (κ1) is 18.2. The first-order valence-corrected chi connectivity index (χ1v) is 8.31. The van der Waals surface area contributed by atoms with Crippen LogP contribution >= 0.6 is 15.9 Å². The SMILES string of the molecule is CCOCCOC(=O)c1cccc(NC(=O)c2ccc(Br)cc2)c1. The highest BCUT2D eigenvalue weighted by Crippen LogP contribution is 2.15. The molecule has 0 saturated heterocycles. The Labute approximate surface area is 149 Å². The number of carbonyl (C=O) groups is 2. The van der Waals surface area contributed by atoms with Crippen LogP contribution in [-0.2, 0) is 9.47 Å². The van der Waals surface area contributed by atoms with Crippen molar-refractivity contribution in [3.8, 4) is 0 Å². The van der Waals surface area contributed by atoms with Crippen LogP contribution in [0.5, 0.6) is 0 Å². The molecule has 1 amide bonds. The zero-order valence-corrected chi connectivity index (χ0v) is 14.8. The van der Waals surface area contributed by atoms with Crippen LogP contribution in [0.25, 0.3) is 0 Å². The van der Waals surface area contributed by atoms with Gasteiger partial charge in [-0.25, -0.2) is 4.79 Å². The molecule has 5 nitrogen and oxygen atoms in total. The van der Waals surface area contributed by atoms with Crippen LogP contribution in [-0.4, -0.2) is 31.7 Å². The minimum absolute atomic E-state index is 0.197. The fourth-order valence-corrected chi connectivity index (χ4v) is 2.21. The number of esters is 1. The predicted molar refractivity (Wildman–Crippen MR) is 95.3 cm³/mol. The molecule has 24 heavy (non-hydrogen) atoms. The van der Waals surface area contributed by atoms with Gasteiger partial charge in [-0.3, -0.25) is 4.79 Å². The molecule has 0 unspecified atom stereocenters. The van der Waals surface area contributed by atoms with Gasteiger partial charge in [-0.05, 0) is 49.4 Å². The molecule has 0 aliphatic carbocycles. The molecular weight excluding hydrogens is 374 g/mol. The van der Waals surface area contributed by atoms with Crippen molar-refractivity contribution < 1.29 is 19.1 Å². The van der Waals surface area contributed by atoms with Gasteiger partial charge in [0.25, 0.3) is 5.91 Å². The first-order chi connectivity index (χ1) is 11.6. The molecule has 6 heteroatoms. The standard InChI is InChI=1S/C18H18BrNO4/c1-2-23-10-11-24-18(22)14-4-3-5-16(12-14)20-17(21)13-6-8-15(19)9-7-13/h3-9,12H,2,10-11H2,1H3,(H,20,21). The summed E-state index contributed by atoms with van der Waals surface area (Å²) in [5, 5.41) is 2.76. The molecule has 0 atom stereocenters. The van der Waals surface area contributed by atoms with Crippen molar-refractivity contribution in [2.75, 3.05) is 25.1 Å². The minimum atomic E-state index is -0.450. The van der Waals surface area contributed by atoms with Crippen molar-refractivity contribution in [1.29, 1.82) is 0 Å². The monoisotopic (exact) mass is 391 g/mol. The van der Waals surface area contributed by atoms with Gasteiger partial charge < -0.3 is 14.8 Å². The largest absolute Gasteiger partial charge is 0.460 e. The Bertz CT molecular complexity index is 700. The average Bonchev–Trinajstić information content (AvgIpc) is 2.59. The van der Waals surface area contributed by atoms with Gasteiger partial charge in [0.15, 0.2) is 0 Å². The summed E-state index contributed by atoms with van der Waals surface area (Å²) in [6.07, 6.45) is 0. The number of benzene rings is 2. The van der Waals surface area contributed by atoms with E-state index >= 15 is 0 Å². The van der Waals surface area contributed by atoms with Gasteiger partial charge in [-0.1, -0.05) is 22.0 Å². The molecular formula is C18H18BrNO4. The average molecular weight is 392 g/mol. The summed E-state index contributed by atoms with van der Waals surface area (Å²) in [5.41, 5.74) is 1.44. The summed E-state index contributed by atoms with van der Waals surface area (Å²) in [5.74, 6) is -0.696. The van der Waals surface area contributed by atoms with Gasteiger partial charge in [-0.2, -0.15) is 0 Å². The normalized spacial score (nSPS) is 10.2. The maximum Gasteiger partial charge on any atom is 0.338 e. The highest BCUT2D eigenvalue weighted by molar-refractivity contribution is 9.10. The molecule has 126 valence electrons. The van der Waals surface area contributed by atoms with Crippen molar-refractivity contribution in [3.05, 3.63) is 64.1 Å². The lowest BCUT2D eigenvalue weighted by molar-refractivity contribution is 0.0335. The lowest BCUT2D eigenvalue weighted by Gasteiger charge is -2.08. The van der Waals surface area contributed by atoms with Gasteiger partial charge >= 0.3 is 5.97 Å². The number of hydrogen-bond acceptors (Lipinski definition) is 4. The van der Waals surface area contributed by atoms with Crippen LogP contribution in [0.4, 0.5) is 5.69 Å². The minimum Gasteiger partial charge on any atom is -0.460 e. The second-order valence-corrected chi connectivity index (χ2v) is 5.79. The number of ether oxygens (including phenoxy) is 2. The molecule has 0 radical (unpaired) electrons. The summed E-state index contributed by atoms with van der Waals surface area (Å²) in [7, 11) is 0. The smallest absolute Gasteiger partial charge is 0.338 e. The zero-order valence-electron chi connectivity index (χ0n) is 13.3. The number of rotatable bonds is 7. The number of halogens is 1. The van der Waals surface area contributed by atoms with E-state index < -0.39 is 5.97 Å². The van der Waals surface area contributed by atoms with Gasteiger partial charge in [0.05, 0.1) is 12.2 Å². The Kier molecular flexibility index (Phi) is 6.96. The van der Waals surface area contributed by atoms with Gasteiger partial charge in [0, 0.05) is 22.3 Å². The van der Waals surface area contributed by atoms with Crippen molar-refractivity contribution in [2.24, 2.45) is 0 Å². The second kappa shape index (κ2) is 9.20. The number of carbonyl (C=O) groups excluding carboxylic acids is 2. The Morgan fingerprint density at radius 2 is 1.79 bits per heavy atom. The molecule has 2 rings (SSSR count). The molecule has 0 fully saturated rings. The molecule has 0 aromatic heterocycles. The van der Waals surface area contributed by atoms with E-state index in [-0.39, 0.29) is 12.5 Å². The van der Waals surface area contributed by atoms with Crippen molar-refractivity contribution in [2.45, 2.75) is 6.92 Å². The lowest BCUT2D eigenvalue weighted by atomic mass is 10.1. The molecule has 0 heterocycles. The molecule has 0 aliphatic rings. The predicted octanol–water partition coefficient (Wildman–Crippen LogP) is 3.89. The highest BCUT2D eigenvalue weighted by atomic mass is 79.9. The fraction of sp³-hybridized carbons (Fsp3) is 0.222. The van der Waals surface area contributed by atoms with Crippen molar-refractivity contribution in [3.63, 3.8) is 0 Å². The van der Waals surface area contributed by atoms with E-state index in [4.69, 9.17) is 9.47 Å². The van der Waals surface area contributed by atoms with E-state index in [9.17, 15) is 9.59 Å². The zero-order chi connectivity index (χ0) is 17.4. The van der Waals surface area contributed by atoms with Crippen LogP contribution in [0, 0.1) is 0 Å². The summed E-state index contributed by atoms with van der Waals surface area (Å²) in [6, 6.07) is 13.6. The summed E-state index contributed by atoms with van der Waals surface area (Å²) < 4.78 is 11.1. The van der Waals surface area contributed by atoms with E-state index in [1.165, 1.54) is 0 Å². The molecule has 0 bridgehead atoms. The number of anilines is 1. The number of amides is 1. The molecule has 2 aromatic rings. The van der Waals surface area contributed by atoms with E-state index in [2.05, 4.69) is 21.2 Å². The van der Waals surface area contributed by atoms with E-state index in [0.717, 1.165) is 4.47 Å². The third kappa shape index (κ3) is 5.47. The van der Waals surface area contributed by atoms with E-state index in [1.807, 2.05) is 6.92 Å². The first-order valence-electron chi connectivity index (χ1n) is 7.52. The number of nitrogens with one attached hydrogen (secondary N) is 1. The van der Waals surface area contributed by atoms with Gasteiger partial charge in [0.1, 0.15) is 6.61 Å². The molecule has 0 aliphatic heterocycles.